The summed E-state index contributed by atoms with van der Waals surface area (Å²) in [5, 5.41) is 18.2. The van der Waals surface area contributed by atoms with E-state index >= 15 is 0 Å². The minimum absolute atomic E-state index is 0.356. The normalized spacial score (nSPS) is 10.9. The summed E-state index contributed by atoms with van der Waals surface area (Å²) in [6.07, 6.45) is 1.69. The second-order valence-electron chi connectivity index (χ2n) is 3.92. The van der Waals surface area contributed by atoms with Crippen molar-refractivity contribution in [1.29, 1.82) is 10.8 Å². The Kier molecular flexibility index (Phi) is 5.11. The number of benzene rings is 1. The van der Waals surface area contributed by atoms with Crippen LogP contribution in [0, 0.1) is 10.8 Å². The Morgan fingerprint density at radius 1 is 1.28 bits per heavy atom. The van der Waals surface area contributed by atoms with Crippen molar-refractivity contribution in [2.75, 3.05) is 6.61 Å². The summed E-state index contributed by atoms with van der Waals surface area (Å²) in [4.78, 5) is 0. The quantitative estimate of drug-likeness (QED) is 0.551. The van der Waals surface area contributed by atoms with Crippen LogP contribution in [-0.4, -0.2) is 18.2 Å². The average molecular weight is 245 g/mol. The first-order chi connectivity index (χ1) is 8.54. The van der Waals surface area contributed by atoms with Crippen LogP contribution in [0.4, 0.5) is 0 Å². The second kappa shape index (κ2) is 6.59. The zero-order chi connectivity index (χ0) is 13.5. The van der Waals surface area contributed by atoms with Gasteiger partial charge in [-0.3, -0.25) is 5.41 Å². The van der Waals surface area contributed by atoms with Crippen LogP contribution in [0.1, 0.15) is 26.3 Å². The Morgan fingerprint density at radius 2 is 1.94 bits per heavy atom. The highest BCUT2D eigenvalue weighted by Gasteiger charge is 2.06. The molecule has 0 aliphatic rings. The molecule has 4 heteroatoms. The van der Waals surface area contributed by atoms with Gasteiger partial charge in [-0.2, -0.15) is 0 Å². The summed E-state index contributed by atoms with van der Waals surface area (Å²) in [6.45, 7) is 5.98. The van der Waals surface area contributed by atoms with E-state index < -0.39 is 0 Å². The molecule has 3 N–H and O–H groups in total. The van der Waals surface area contributed by atoms with Crippen LogP contribution in [0.25, 0.3) is 0 Å². The number of hydrogen-bond donors (Lipinski definition) is 3. The molecule has 0 heterocycles. The molecule has 4 nitrogen and oxygen atoms in total. The van der Waals surface area contributed by atoms with Crippen molar-refractivity contribution in [3.63, 3.8) is 0 Å². The number of ether oxygens (including phenoxy) is 1. The van der Waals surface area contributed by atoms with Crippen LogP contribution in [0.5, 0.6) is 5.75 Å². The lowest BCUT2D eigenvalue weighted by atomic mass is 10.1. The summed E-state index contributed by atoms with van der Waals surface area (Å²) in [5.74, 6) is 1.07. The van der Waals surface area contributed by atoms with Crippen molar-refractivity contribution in [2.45, 2.75) is 20.8 Å². The van der Waals surface area contributed by atoms with E-state index in [-0.39, 0.29) is 0 Å². The average Bonchev–Trinajstić information content (AvgIpc) is 2.28. The van der Waals surface area contributed by atoms with Gasteiger partial charge in [0.25, 0.3) is 0 Å². The van der Waals surface area contributed by atoms with Crippen LogP contribution < -0.4 is 10.1 Å². The summed E-state index contributed by atoms with van der Waals surface area (Å²) in [5.41, 5.74) is 1.88. The van der Waals surface area contributed by atoms with Crippen molar-refractivity contribution in [1.82, 2.24) is 5.32 Å². The molecule has 0 unspecified atom stereocenters. The smallest absolute Gasteiger partial charge is 0.128 e. The summed E-state index contributed by atoms with van der Waals surface area (Å²) < 4.78 is 5.49. The predicted octanol–water partition coefficient (Wildman–Crippen LogP) is 2.94. The molecule has 0 atom stereocenters. The van der Waals surface area contributed by atoms with Crippen molar-refractivity contribution in [3.8, 4) is 5.75 Å². The summed E-state index contributed by atoms with van der Waals surface area (Å²) >= 11 is 0. The van der Waals surface area contributed by atoms with Crippen molar-refractivity contribution in [2.24, 2.45) is 0 Å². The lowest BCUT2D eigenvalue weighted by Gasteiger charge is -2.10. The third kappa shape index (κ3) is 4.05. The lowest BCUT2D eigenvalue weighted by Crippen LogP contribution is -2.17. The van der Waals surface area contributed by atoms with Crippen LogP contribution in [0.2, 0.25) is 0 Å². The van der Waals surface area contributed by atoms with Gasteiger partial charge in [0.2, 0.25) is 0 Å². The van der Waals surface area contributed by atoms with Crippen LogP contribution in [-0.2, 0) is 0 Å². The molecule has 0 amide bonds. The molecule has 0 spiro atoms. The Hall–Kier alpha value is -2.10. The molecule has 1 aromatic carbocycles. The van der Waals surface area contributed by atoms with E-state index in [1.54, 1.807) is 13.0 Å². The SMILES string of the molecule is CCOc1ccccc1C(=N)/C=C(\C)NC(C)=N. The molecule has 0 aliphatic carbocycles. The van der Waals surface area contributed by atoms with E-state index in [0.29, 0.717) is 23.9 Å². The maximum absolute atomic E-state index is 8.06. The van der Waals surface area contributed by atoms with E-state index in [1.165, 1.54) is 0 Å². The van der Waals surface area contributed by atoms with Crippen molar-refractivity contribution in [3.05, 3.63) is 41.6 Å². The molecule has 0 bridgehead atoms. The molecule has 0 fully saturated rings. The number of nitrogens with one attached hydrogen (secondary N) is 3. The summed E-state index contributed by atoms with van der Waals surface area (Å²) in [6, 6.07) is 7.48. The van der Waals surface area contributed by atoms with Crippen LogP contribution >= 0.6 is 0 Å². The number of para-hydroxylation sites is 1. The first kappa shape index (κ1) is 14.0. The van der Waals surface area contributed by atoms with E-state index in [1.807, 2.05) is 38.1 Å². The standard InChI is InChI=1S/C14H19N3O/c1-4-18-14-8-6-5-7-12(14)13(16)9-10(2)17-11(3)15/h5-9,16H,4H2,1-3H3,(H2,15,17)/b10-9+,16-13?. The molecule has 0 radical (unpaired) electrons. The predicted molar refractivity (Wildman–Crippen MR) is 74.7 cm³/mol. The van der Waals surface area contributed by atoms with Crippen molar-refractivity contribution >= 4 is 11.5 Å². The molecule has 0 saturated carbocycles. The number of allylic oxidation sites excluding steroid dienone is 2. The Bertz CT molecular complexity index is 478. The Labute approximate surface area is 108 Å². The lowest BCUT2D eigenvalue weighted by molar-refractivity contribution is 0.339. The molecular formula is C14H19N3O. The third-order valence-electron chi connectivity index (χ3n) is 2.22. The molecular weight excluding hydrogens is 226 g/mol. The van der Waals surface area contributed by atoms with Crippen LogP contribution in [0.3, 0.4) is 0 Å². The van der Waals surface area contributed by atoms with Gasteiger partial charge in [-0.1, -0.05) is 12.1 Å². The topological polar surface area (TPSA) is 69.0 Å². The van der Waals surface area contributed by atoms with E-state index in [0.717, 1.165) is 11.3 Å². The highest BCUT2D eigenvalue weighted by molar-refractivity contribution is 6.08. The zero-order valence-electron chi connectivity index (χ0n) is 11.0. The number of hydrogen-bond acceptors (Lipinski definition) is 3. The van der Waals surface area contributed by atoms with Gasteiger partial charge in [0.05, 0.1) is 18.2 Å². The van der Waals surface area contributed by atoms with Gasteiger partial charge in [-0.05, 0) is 39.0 Å². The van der Waals surface area contributed by atoms with E-state index in [9.17, 15) is 0 Å². The molecule has 0 aliphatic heterocycles. The molecule has 96 valence electrons. The third-order valence-corrected chi connectivity index (χ3v) is 2.22. The summed E-state index contributed by atoms with van der Waals surface area (Å²) in [7, 11) is 0. The van der Waals surface area contributed by atoms with Gasteiger partial charge in [0.15, 0.2) is 0 Å². The first-order valence-corrected chi connectivity index (χ1v) is 5.85. The Morgan fingerprint density at radius 3 is 2.56 bits per heavy atom. The number of amidine groups is 1. The zero-order valence-corrected chi connectivity index (χ0v) is 11.0. The first-order valence-electron chi connectivity index (χ1n) is 5.85. The highest BCUT2D eigenvalue weighted by Crippen LogP contribution is 2.19. The molecule has 1 rings (SSSR count). The van der Waals surface area contributed by atoms with Gasteiger partial charge < -0.3 is 15.5 Å². The fourth-order valence-corrected chi connectivity index (χ4v) is 1.60. The van der Waals surface area contributed by atoms with Gasteiger partial charge in [-0.15, -0.1) is 0 Å². The second-order valence-corrected chi connectivity index (χ2v) is 3.92. The Balaban J connectivity index is 2.93. The largest absolute Gasteiger partial charge is 0.493 e. The van der Waals surface area contributed by atoms with E-state index in [2.05, 4.69) is 5.32 Å². The van der Waals surface area contributed by atoms with Gasteiger partial charge >= 0.3 is 0 Å². The van der Waals surface area contributed by atoms with Crippen LogP contribution in [0.15, 0.2) is 36.0 Å². The monoisotopic (exact) mass is 245 g/mol. The van der Waals surface area contributed by atoms with Crippen molar-refractivity contribution < 1.29 is 4.74 Å². The fourth-order valence-electron chi connectivity index (χ4n) is 1.60. The minimum Gasteiger partial charge on any atom is -0.493 e. The molecule has 0 saturated heterocycles. The molecule has 1 aromatic rings. The number of rotatable bonds is 5. The molecule has 18 heavy (non-hydrogen) atoms. The van der Waals surface area contributed by atoms with E-state index in [4.69, 9.17) is 15.6 Å². The minimum atomic E-state index is 0.356. The molecule has 0 aromatic heterocycles. The van der Waals surface area contributed by atoms with Gasteiger partial charge in [0.1, 0.15) is 5.75 Å². The van der Waals surface area contributed by atoms with Gasteiger partial charge in [0, 0.05) is 11.3 Å². The van der Waals surface area contributed by atoms with Gasteiger partial charge in [-0.25, -0.2) is 0 Å². The maximum Gasteiger partial charge on any atom is 0.128 e. The maximum atomic E-state index is 8.06. The fraction of sp³-hybridized carbons (Fsp3) is 0.286. The highest BCUT2D eigenvalue weighted by atomic mass is 16.5.